The molecule has 15 aliphatic rings. The van der Waals surface area contributed by atoms with E-state index >= 15 is 0 Å². The molecule has 15 fully saturated rings. The summed E-state index contributed by atoms with van der Waals surface area (Å²) in [5, 5.41) is 3.27. The standard InChI is InChI=1S/2C27H46N2O2.C22H34O3.C5H12N2/c2*1-20-9-10-23-26(2,22(20)12-14-29-17-15-28(4)16-18-29)13-11-24-27(23,3)19-30-25(31-24)21-7-5-6-8-21;1-15-8-9-18-21(2,17(15)11-13-23)12-10-19-22(18,3)14-24-20(25-19)16-6-4-5-7-16;1-7-4-2-6-3-5-7/h2*21-25H,1,5-19H2,2-4H3;13,16-20H,1,4-12,14H2,2-3H3;6H,2-5H2,1H3/t2*22-,23?,24-,25-,26+,27+;17-,18?,19-,20-,21+,22+;/m111./s1. The summed E-state index contributed by atoms with van der Waals surface area (Å²) in [5.41, 5.74) is 5.59. The molecule has 9 saturated carbocycles. The summed E-state index contributed by atoms with van der Waals surface area (Å²) in [6.45, 7) is 48.1. The Balaban J connectivity index is 0.000000129. The molecule has 0 aromatic carbocycles. The van der Waals surface area contributed by atoms with E-state index in [-0.39, 0.29) is 40.5 Å². The number of allylic oxidation sites excluding steroid dienone is 3. The Morgan fingerprint density at radius 2 is 0.723 bits per heavy atom. The summed E-state index contributed by atoms with van der Waals surface area (Å²) in [4.78, 5) is 23.9. The zero-order valence-corrected chi connectivity index (χ0v) is 61.6. The van der Waals surface area contributed by atoms with Gasteiger partial charge in [0.05, 0.1) is 38.1 Å². The number of nitrogens with zero attached hydrogens (tertiary/aromatic N) is 5. The molecule has 0 aromatic heterocycles. The molecular formula is C81H138N6O7. The molecule has 534 valence electrons. The topological polar surface area (TPSA) is 101 Å². The molecule has 94 heavy (non-hydrogen) atoms. The molecule has 18 atom stereocenters. The van der Waals surface area contributed by atoms with Crippen LogP contribution in [0, 0.1) is 85.8 Å². The van der Waals surface area contributed by atoms with Gasteiger partial charge < -0.3 is 63.0 Å². The van der Waals surface area contributed by atoms with Crippen LogP contribution in [0.15, 0.2) is 36.5 Å². The summed E-state index contributed by atoms with van der Waals surface area (Å²) >= 11 is 0. The number of aldehydes is 1. The summed E-state index contributed by atoms with van der Waals surface area (Å²) in [7, 11) is 6.65. The van der Waals surface area contributed by atoms with Crippen molar-refractivity contribution >= 4 is 6.29 Å². The van der Waals surface area contributed by atoms with Gasteiger partial charge in [0, 0.05) is 119 Å². The maximum atomic E-state index is 11.3. The van der Waals surface area contributed by atoms with Crippen molar-refractivity contribution in [3.05, 3.63) is 36.5 Å². The number of nitrogens with one attached hydrogen (secondary N) is 1. The molecule has 6 aliphatic heterocycles. The van der Waals surface area contributed by atoms with Gasteiger partial charge in [-0.3, -0.25) is 0 Å². The Hall–Kier alpha value is -1.59. The summed E-state index contributed by atoms with van der Waals surface area (Å²) < 4.78 is 39.4. The molecule has 13 heteroatoms. The van der Waals surface area contributed by atoms with Gasteiger partial charge in [-0.2, -0.15) is 0 Å². The van der Waals surface area contributed by atoms with Crippen LogP contribution in [-0.2, 0) is 33.2 Å². The minimum atomic E-state index is 0.0225. The number of piperazine rings is 3. The molecule has 13 nitrogen and oxygen atoms in total. The summed E-state index contributed by atoms with van der Waals surface area (Å²) in [5.74, 6) is 5.44. The molecule has 0 spiro atoms. The van der Waals surface area contributed by atoms with E-state index in [2.05, 4.69) is 112 Å². The first-order chi connectivity index (χ1) is 45.2. The largest absolute Gasteiger partial charge is 0.352 e. The second-order valence-corrected chi connectivity index (χ2v) is 35.9. The summed E-state index contributed by atoms with van der Waals surface area (Å²) in [6, 6.07) is 0. The second kappa shape index (κ2) is 30.9. The quantitative estimate of drug-likeness (QED) is 0.157. The van der Waals surface area contributed by atoms with Crippen molar-refractivity contribution in [1.29, 1.82) is 0 Å². The van der Waals surface area contributed by atoms with Gasteiger partial charge in [0.25, 0.3) is 0 Å². The predicted octanol–water partition coefficient (Wildman–Crippen LogP) is 14.3. The van der Waals surface area contributed by atoms with E-state index in [1.165, 1.54) is 243 Å². The van der Waals surface area contributed by atoms with Crippen LogP contribution in [-0.4, -0.2) is 201 Å². The lowest BCUT2D eigenvalue weighted by Crippen LogP contribution is -2.62. The predicted molar refractivity (Wildman–Crippen MR) is 380 cm³/mol. The third-order valence-corrected chi connectivity index (χ3v) is 30.2. The number of rotatable bonds is 11. The number of ether oxygens (including phenoxy) is 6. The van der Waals surface area contributed by atoms with Crippen LogP contribution in [0.3, 0.4) is 0 Å². The highest BCUT2D eigenvalue weighted by Gasteiger charge is 2.64. The van der Waals surface area contributed by atoms with Gasteiger partial charge in [0.15, 0.2) is 18.9 Å². The first-order valence-corrected chi connectivity index (χ1v) is 39.7. The number of hydrogen-bond acceptors (Lipinski definition) is 13. The fourth-order valence-corrected chi connectivity index (χ4v) is 24.1. The Bertz CT molecular complexity index is 2390. The van der Waals surface area contributed by atoms with Crippen LogP contribution in [0.25, 0.3) is 0 Å². The smallest absolute Gasteiger partial charge is 0.160 e. The molecular weight excluding hydrogens is 1170 g/mol. The monoisotopic (exact) mass is 1310 g/mol. The van der Waals surface area contributed by atoms with Gasteiger partial charge in [0.1, 0.15) is 6.29 Å². The lowest BCUT2D eigenvalue weighted by Gasteiger charge is -2.63. The van der Waals surface area contributed by atoms with Crippen molar-refractivity contribution in [2.75, 3.05) is 133 Å². The van der Waals surface area contributed by atoms with E-state index in [1.807, 2.05) is 0 Å². The van der Waals surface area contributed by atoms with E-state index in [9.17, 15) is 4.79 Å². The number of fused-ring (bicyclic) bond motifs is 9. The normalized spacial score (nSPS) is 44.6. The Morgan fingerprint density at radius 1 is 0.415 bits per heavy atom. The number of hydrogen-bond donors (Lipinski definition) is 1. The van der Waals surface area contributed by atoms with Crippen molar-refractivity contribution < 1.29 is 33.2 Å². The third kappa shape index (κ3) is 15.0. The van der Waals surface area contributed by atoms with E-state index < -0.39 is 0 Å². The Labute approximate surface area is 573 Å². The van der Waals surface area contributed by atoms with E-state index in [1.54, 1.807) is 0 Å². The van der Waals surface area contributed by atoms with E-state index in [0.29, 0.717) is 88.8 Å². The minimum Gasteiger partial charge on any atom is -0.352 e. The lowest BCUT2D eigenvalue weighted by atomic mass is 9.46. The van der Waals surface area contributed by atoms with Crippen molar-refractivity contribution in [1.82, 2.24) is 29.8 Å². The van der Waals surface area contributed by atoms with Gasteiger partial charge in [-0.25, -0.2) is 0 Å². The molecule has 0 radical (unpaired) electrons. The third-order valence-electron chi connectivity index (χ3n) is 30.2. The van der Waals surface area contributed by atoms with Crippen molar-refractivity contribution in [2.24, 2.45) is 85.8 Å². The Morgan fingerprint density at radius 3 is 1.03 bits per heavy atom. The summed E-state index contributed by atoms with van der Waals surface area (Å²) in [6.07, 6.45) is 35.7. The average Bonchev–Trinajstić information content (AvgIpc) is 0.804. The van der Waals surface area contributed by atoms with Crippen LogP contribution in [0.1, 0.15) is 215 Å². The molecule has 9 aliphatic carbocycles. The van der Waals surface area contributed by atoms with E-state index in [4.69, 9.17) is 28.4 Å². The van der Waals surface area contributed by atoms with E-state index in [0.717, 1.165) is 58.5 Å². The van der Waals surface area contributed by atoms with Gasteiger partial charge in [-0.15, -0.1) is 0 Å². The van der Waals surface area contributed by atoms with Crippen LogP contribution < -0.4 is 5.32 Å². The van der Waals surface area contributed by atoms with Gasteiger partial charge >= 0.3 is 0 Å². The Kier molecular flexibility index (Phi) is 23.8. The first kappa shape index (κ1) is 72.2. The fraction of sp³-hybridized carbons (Fsp3) is 0.914. The maximum Gasteiger partial charge on any atom is 0.160 e. The number of carbonyl (C=O) groups excluding carboxylic acids is 1. The SMILES string of the molecule is C=C1CCC2[C@]3(C)CO[C@@H](C4CCCC4)O[C@@H]3CC[C@@]2(C)[C@@H]1CC=O.C=C1CCC2[C@]3(C)CO[C@@H](C4CCCC4)O[C@@H]3CC[C@@]2(C)[C@@H]1CCN1CCN(C)CC1.C=C1CCC2[C@]3(C)CO[C@@H](C4CCCC4)O[C@@H]3CC[C@@]2(C)[C@@H]1CCN1CCN(C)CC1.CN1CCNCC1. The zero-order valence-electron chi connectivity index (χ0n) is 61.6. The van der Waals surface area contributed by atoms with Crippen molar-refractivity contribution in [3.63, 3.8) is 0 Å². The van der Waals surface area contributed by atoms with Crippen molar-refractivity contribution in [3.8, 4) is 0 Å². The van der Waals surface area contributed by atoms with Gasteiger partial charge in [-0.1, -0.05) is 117 Å². The van der Waals surface area contributed by atoms with Crippen LogP contribution in [0.5, 0.6) is 0 Å². The minimum absolute atomic E-state index is 0.0225. The van der Waals surface area contributed by atoms with Crippen LogP contribution in [0.4, 0.5) is 0 Å². The van der Waals surface area contributed by atoms with Gasteiger partial charge in [-0.05, 0) is 214 Å². The average molecular weight is 1310 g/mol. The van der Waals surface area contributed by atoms with Crippen LogP contribution >= 0.6 is 0 Å². The second-order valence-electron chi connectivity index (χ2n) is 35.9. The molecule has 15 rings (SSSR count). The molecule has 6 heterocycles. The first-order valence-electron chi connectivity index (χ1n) is 39.7. The number of carbonyl (C=O) groups is 1. The molecule has 3 unspecified atom stereocenters. The fourth-order valence-electron chi connectivity index (χ4n) is 24.1. The maximum absolute atomic E-state index is 11.3. The highest BCUT2D eigenvalue weighted by atomic mass is 16.7. The molecule has 6 saturated heterocycles. The van der Waals surface area contributed by atoms with Crippen molar-refractivity contribution in [2.45, 2.75) is 252 Å². The highest BCUT2D eigenvalue weighted by Crippen LogP contribution is 2.67. The zero-order chi connectivity index (χ0) is 66.0. The molecule has 0 bridgehead atoms. The number of likely N-dealkylation sites (N-methyl/N-ethyl adjacent to an activating group) is 3. The lowest BCUT2D eigenvalue weighted by molar-refractivity contribution is -0.316. The molecule has 1 N–H and O–H groups in total. The highest BCUT2D eigenvalue weighted by molar-refractivity contribution is 5.51. The van der Waals surface area contributed by atoms with Gasteiger partial charge in [0.2, 0.25) is 0 Å². The van der Waals surface area contributed by atoms with Crippen LogP contribution in [0.2, 0.25) is 0 Å². The molecule has 0 amide bonds. The molecule has 0 aromatic rings.